The van der Waals surface area contributed by atoms with Crippen LogP contribution in [0, 0.1) is 11.3 Å². The fraction of sp³-hybridized carbons (Fsp3) is 0.167. The summed E-state index contributed by atoms with van der Waals surface area (Å²) in [6.07, 6.45) is 0. The van der Waals surface area contributed by atoms with Crippen molar-refractivity contribution in [3.8, 4) is 11.8 Å². The van der Waals surface area contributed by atoms with E-state index in [1.807, 2.05) is 13.8 Å². The molecule has 0 radical (unpaired) electrons. The number of fused-ring (bicyclic) bond motifs is 1. The maximum Gasteiger partial charge on any atom is 0.270 e. The Hall–Kier alpha value is -2.28. The molecule has 0 saturated carbocycles. The average molecular weight is 216 g/mol. The number of nitrogens with zero attached hydrogens (tertiary/aromatic N) is 1. The molecule has 0 aliphatic carbocycles. The minimum Gasteiger partial charge on any atom is -0.506 e. The molecule has 0 fully saturated rings. The third kappa shape index (κ3) is 1.89. The zero-order valence-electron chi connectivity index (χ0n) is 9.11. The van der Waals surface area contributed by atoms with Gasteiger partial charge in [0.05, 0.1) is 5.52 Å². The van der Waals surface area contributed by atoms with Gasteiger partial charge >= 0.3 is 0 Å². The minimum atomic E-state index is -0.566. The Morgan fingerprint density at radius 3 is 2.56 bits per heavy atom. The number of hydrogen-bond donors (Lipinski definition) is 2. The summed E-state index contributed by atoms with van der Waals surface area (Å²) in [5.74, 6) is -0.258. The van der Waals surface area contributed by atoms with E-state index in [2.05, 4.69) is 4.98 Å². The molecule has 2 N–H and O–H groups in total. The fourth-order valence-corrected chi connectivity index (χ4v) is 1.33. The van der Waals surface area contributed by atoms with Crippen LogP contribution in [0.2, 0.25) is 0 Å². The third-order valence-electron chi connectivity index (χ3n) is 2.01. The number of aromatic nitrogens is 1. The molecule has 0 atom stereocenters. The van der Waals surface area contributed by atoms with Gasteiger partial charge in [0.1, 0.15) is 11.8 Å². The number of para-hydroxylation sites is 1. The van der Waals surface area contributed by atoms with Crippen LogP contribution in [0.4, 0.5) is 0 Å². The van der Waals surface area contributed by atoms with Gasteiger partial charge in [0.15, 0.2) is 5.56 Å². The summed E-state index contributed by atoms with van der Waals surface area (Å²) in [6, 6.07) is 8.43. The summed E-state index contributed by atoms with van der Waals surface area (Å²) in [5, 5.41) is 18.7. The highest BCUT2D eigenvalue weighted by Crippen LogP contribution is 2.23. The molecule has 82 valence electrons. The van der Waals surface area contributed by atoms with Crippen LogP contribution < -0.4 is 5.56 Å². The SMILES string of the molecule is CC.N#Cc1c(O)c2ccccc2[nH]c1=O. The van der Waals surface area contributed by atoms with Crippen molar-refractivity contribution in [1.29, 1.82) is 5.26 Å². The van der Waals surface area contributed by atoms with Gasteiger partial charge in [-0.15, -0.1) is 0 Å². The van der Waals surface area contributed by atoms with E-state index in [0.717, 1.165) is 0 Å². The largest absolute Gasteiger partial charge is 0.506 e. The Morgan fingerprint density at radius 1 is 1.31 bits per heavy atom. The lowest BCUT2D eigenvalue weighted by Crippen LogP contribution is -2.09. The molecule has 0 aliphatic heterocycles. The summed E-state index contributed by atoms with van der Waals surface area (Å²) in [6.45, 7) is 4.00. The van der Waals surface area contributed by atoms with E-state index in [-0.39, 0.29) is 11.3 Å². The van der Waals surface area contributed by atoms with Crippen LogP contribution >= 0.6 is 0 Å². The molecule has 0 amide bonds. The summed E-state index contributed by atoms with van der Waals surface area (Å²) in [4.78, 5) is 13.8. The third-order valence-corrected chi connectivity index (χ3v) is 2.01. The molecule has 1 aromatic heterocycles. The van der Waals surface area contributed by atoms with Gasteiger partial charge in [-0.25, -0.2) is 0 Å². The first-order valence-electron chi connectivity index (χ1n) is 4.98. The number of pyridine rings is 1. The predicted octanol–water partition coefficient (Wildman–Crippen LogP) is 2.13. The number of rotatable bonds is 0. The monoisotopic (exact) mass is 216 g/mol. The van der Waals surface area contributed by atoms with Crippen molar-refractivity contribution < 1.29 is 5.11 Å². The van der Waals surface area contributed by atoms with Gasteiger partial charge in [0.25, 0.3) is 5.56 Å². The number of hydrogen-bond acceptors (Lipinski definition) is 3. The van der Waals surface area contributed by atoms with Gasteiger partial charge in [0.2, 0.25) is 0 Å². The average Bonchev–Trinajstić information content (AvgIpc) is 2.32. The molecule has 2 rings (SSSR count). The first kappa shape index (κ1) is 11.8. The van der Waals surface area contributed by atoms with Crippen LogP contribution in [-0.2, 0) is 0 Å². The van der Waals surface area contributed by atoms with E-state index in [4.69, 9.17) is 5.26 Å². The fourth-order valence-electron chi connectivity index (χ4n) is 1.33. The number of nitrogens with one attached hydrogen (secondary N) is 1. The number of aromatic amines is 1. The number of benzene rings is 1. The Balaban J connectivity index is 0.000000606. The zero-order valence-corrected chi connectivity index (χ0v) is 9.11. The van der Waals surface area contributed by atoms with Crippen LogP contribution in [-0.4, -0.2) is 10.1 Å². The Labute approximate surface area is 92.8 Å². The van der Waals surface area contributed by atoms with Crippen LogP contribution in [0.3, 0.4) is 0 Å². The quantitative estimate of drug-likeness (QED) is 0.708. The number of H-pyrrole nitrogens is 1. The van der Waals surface area contributed by atoms with Crippen LogP contribution in [0.1, 0.15) is 19.4 Å². The van der Waals surface area contributed by atoms with E-state index >= 15 is 0 Å². The van der Waals surface area contributed by atoms with E-state index in [9.17, 15) is 9.90 Å². The molecule has 0 bridgehead atoms. The molecule has 16 heavy (non-hydrogen) atoms. The smallest absolute Gasteiger partial charge is 0.270 e. The van der Waals surface area contributed by atoms with Crippen LogP contribution in [0.5, 0.6) is 5.75 Å². The maximum absolute atomic E-state index is 11.2. The normalized spacial score (nSPS) is 9.06. The van der Waals surface area contributed by atoms with Gasteiger partial charge in [-0.05, 0) is 12.1 Å². The Morgan fingerprint density at radius 2 is 1.94 bits per heavy atom. The molecule has 0 saturated heterocycles. The van der Waals surface area contributed by atoms with Crippen molar-refractivity contribution in [3.05, 3.63) is 40.2 Å². The first-order chi connectivity index (χ1) is 7.74. The van der Waals surface area contributed by atoms with E-state index < -0.39 is 5.56 Å². The summed E-state index contributed by atoms with van der Waals surface area (Å²) >= 11 is 0. The molecule has 0 unspecified atom stereocenters. The molecule has 1 aromatic carbocycles. The van der Waals surface area contributed by atoms with Crippen molar-refractivity contribution >= 4 is 10.9 Å². The second kappa shape index (κ2) is 4.99. The molecular weight excluding hydrogens is 204 g/mol. The highest BCUT2D eigenvalue weighted by Gasteiger charge is 2.09. The van der Waals surface area contributed by atoms with Crippen molar-refractivity contribution in [1.82, 2.24) is 4.98 Å². The lowest BCUT2D eigenvalue weighted by molar-refractivity contribution is 0.478. The van der Waals surface area contributed by atoms with Gasteiger partial charge in [-0.1, -0.05) is 26.0 Å². The molecule has 0 aliphatic rings. The first-order valence-corrected chi connectivity index (χ1v) is 4.98. The van der Waals surface area contributed by atoms with Crippen LogP contribution in [0.25, 0.3) is 10.9 Å². The van der Waals surface area contributed by atoms with Gasteiger partial charge in [-0.2, -0.15) is 5.26 Å². The van der Waals surface area contributed by atoms with E-state index in [1.165, 1.54) is 0 Å². The molecule has 1 heterocycles. The number of nitriles is 1. The van der Waals surface area contributed by atoms with Crippen molar-refractivity contribution in [2.75, 3.05) is 0 Å². The summed E-state index contributed by atoms with van der Waals surface area (Å²) < 4.78 is 0. The van der Waals surface area contributed by atoms with Crippen LogP contribution in [0.15, 0.2) is 29.1 Å². The van der Waals surface area contributed by atoms with Gasteiger partial charge in [-0.3, -0.25) is 4.79 Å². The minimum absolute atomic E-state index is 0.247. The molecule has 4 heteroatoms. The molecule has 4 nitrogen and oxygen atoms in total. The van der Waals surface area contributed by atoms with E-state index in [0.29, 0.717) is 10.9 Å². The molecule has 2 aromatic rings. The highest BCUT2D eigenvalue weighted by atomic mass is 16.3. The summed E-state index contributed by atoms with van der Waals surface area (Å²) in [5.41, 5.74) is -0.290. The summed E-state index contributed by atoms with van der Waals surface area (Å²) in [7, 11) is 0. The van der Waals surface area contributed by atoms with Gasteiger partial charge in [0, 0.05) is 5.39 Å². The lowest BCUT2D eigenvalue weighted by atomic mass is 10.1. The van der Waals surface area contributed by atoms with Gasteiger partial charge < -0.3 is 10.1 Å². The van der Waals surface area contributed by atoms with Crippen molar-refractivity contribution in [2.45, 2.75) is 13.8 Å². The topological polar surface area (TPSA) is 76.9 Å². The predicted molar refractivity (Wildman–Crippen MR) is 62.3 cm³/mol. The highest BCUT2D eigenvalue weighted by molar-refractivity contribution is 5.86. The van der Waals surface area contributed by atoms with Crippen molar-refractivity contribution in [2.24, 2.45) is 0 Å². The van der Waals surface area contributed by atoms with E-state index in [1.54, 1.807) is 30.3 Å². The second-order valence-corrected chi connectivity index (χ2v) is 2.84. The van der Waals surface area contributed by atoms with Crippen molar-refractivity contribution in [3.63, 3.8) is 0 Å². The zero-order chi connectivity index (χ0) is 12.1. The molecule has 0 spiro atoms. The number of aromatic hydroxyl groups is 1. The maximum atomic E-state index is 11.2. The lowest BCUT2D eigenvalue weighted by Gasteiger charge is -2.00. The standard InChI is InChI=1S/C10H6N2O2.C2H6/c11-5-7-9(13)6-3-1-2-4-8(6)12-10(7)14;1-2/h1-4H,(H2,12,13,14);1-2H3. The Bertz CT molecular complexity index is 594. The molecular formula is C12H12N2O2. The second-order valence-electron chi connectivity index (χ2n) is 2.84. The Kier molecular flexibility index (Phi) is 3.67.